The van der Waals surface area contributed by atoms with Crippen LogP contribution in [-0.4, -0.2) is 30.6 Å². The number of hydrogen-bond donors (Lipinski definition) is 1. The Bertz CT molecular complexity index is 295. The van der Waals surface area contributed by atoms with E-state index < -0.39 is 0 Å². The maximum Gasteiger partial charge on any atom is 0.0234 e. The van der Waals surface area contributed by atoms with Crippen LogP contribution in [0.3, 0.4) is 0 Å². The molecular formula is C14H22N2. The molecule has 0 aromatic heterocycles. The third-order valence-corrected chi connectivity index (χ3v) is 3.23. The summed E-state index contributed by atoms with van der Waals surface area (Å²) in [6, 6.07) is 11.5. The van der Waals surface area contributed by atoms with Crippen molar-refractivity contribution in [2.24, 2.45) is 0 Å². The monoisotopic (exact) mass is 218 g/mol. The lowest BCUT2D eigenvalue weighted by Crippen LogP contribution is -2.50. The molecule has 0 aliphatic carbocycles. The van der Waals surface area contributed by atoms with Crippen LogP contribution in [0.5, 0.6) is 0 Å². The summed E-state index contributed by atoms with van der Waals surface area (Å²) in [6.45, 7) is 6.87. The Labute approximate surface area is 98.7 Å². The van der Waals surface area contributed by atoms with Crippen LogP contribution in [-0.2, 0) is 6.54 Å². The van der Waals surface area contributed by atoms with Crippen molar-refractivity contribution in [1.29, 1.82) is 0 Å². The van der Waals surface area contributed by atoms with Crippen molar-refractivity contribution in [3.05, 3.63) is 35.9 Å². The molecule has 0 bridgehead atoms. The number of hydrogen-bond acceptors (Lipinski definition) is 2. The molecule has 2 rings (SSSR count). The van der Waals surface area contributed by atoms with E-state index >= 15 is 0 Å². The Morgan fingerprint density at radius 2 is 2.12 bits per heavy atom. The molecule has 2 heteroatoms. The first kappa shape index (κ1) is 11.6. The Morgan fingerprint density at radius 1 is 1.31 bits per heavy atom. The van der Waals surface area contributed by atoms with Crippen molar-refractivity contribution >= 4 is 0 Å². The van der Waals surface area contributed by atoms with Gasteiger partial charge in [0.25, 0.3) is 0 Å². The SMILES string of the molecule is CCCC1CN(Cc2ccccc2)CCN1. The average molecular weight is 218 g/mol. The minimum absolute atomic E-state index is 0.697. The van der Waals surface area contributed by atoms with Crippen LogP contribution in [0.2, 0.25) is 0 Å². The Morgan fingerprint density at radius 3 is 2.88 bits per heavy atom. The first-order chi connectivity index (χ1) is 7.88. The second-order valence-electron chi connectivity index (χ2n) is 4.66. The van der Waals surface area contributed by atoms with Gasteiger partial charge in [-0.2, -0.15) is 0 Å². The molecule has 1 aromatic carbocycles. The lowest BCUT2D eigenvalue weighted by Gasteiger charge is -2.33. The molecule has 1 unspecified atom stereocenters. The molecule has 1 aliphatic heterocycles. The fraction of sp³-hybridized carbons (Fsp3) is 0.571. The summed E-state index contributed by atoms with van der Waals surface area (Å²) < 4.78 is 0. The van der Waals surface area contributed by atoms with E-state index in [9.17, 15) is 0 Å². The van der Waals surface area contributed by atoms with Crippen molar-refractivity contribution in [2.75, 3.05) is 19.6 Å². The molecule has 1 heterocycles. The molecule has 88 valence electrons. The quantitative estimate of drug-likeness (QED) is 0.834. The van der Waals surface area contributed by atoms with Crippen LogP contribution >= 0.6 is 0 Å². The summed E-state index contributed by atoms with van der Waals surface area (Å²) in [4.78, 5) is 2.56. The maximum absolute atomic E-state index is 3.59. The van der Waals surface area contributed by atoms with Crippen LogP contribution in [0.1, 0.15) is 25.3 Å². The van der Waals surface area contributed by atoms with Crippen molar-refractivity contribution < 1.29 is 0 Å². The summed E-state index contributed by atoms with van der Waals surface area (Å²) in [5.41, 5.74) is 1.43. The van der Waals surface area contributed by atoms with E-state index in [-0.39, 0.29) is 0 Å². The number of rotatable bonds is 4. The predicted octanol–water partition coefficient (Wildman–Crippen LogP) is 2.26. The number of benzene rings is 1. The third-order valence-electron chi connectivity index (χ3n) is 3.23. The first-order valence-electron chi connectivity index (χ1n) is 6.38. The molecule has 1 saturated heterocycles. The van der Waals surface area contributed by atoms with Crippen molar-refractivity contribution in [3.8, 4) is 0 Å². The Balaban J connectivity index is 1.85. The van der Waals surface area contributed by atoms with E-state index in [0.717, 1.165) is 13.1 Å². The topological polar surface area (TPSA) is 15.3 Å². The lowest BCUT2D eigenvalue weighted by molar-refractivity contribution is 0.187. The van der Waals surface area contributed by atoms with E-state index in [4.69, 9.17) is 0 Å². The predicted molar refractivity (Wildman–Crippen MR) is 68.4 cm³/mol. The summed E-state index contributed by atoms with van der Waals surface area (Å²) in [5.74, 6) is 0. The van der Waals surface area contributed by atoms with Gasteiger partial charge in [0.15, 0.2) is 0 Å². The minimum atomic E-state index is 0.697. The smallest absolute Gasteiger partial charge is 0.0234 e. The highest BCUT2D eigenvalue weighted by Gasteiger charge is 2.17. The highest BCUT2D eigenvalue weighted by atomic mass is 15.2. The molecule has 0 spiro atoms. The first-order valence-corrected chi connectivity index (χ1v) is 6.38. The van der Waals surface area contributed by atoms with Gasteiger partial charge in [-0.1, -0.05) is 43.7 Å². The molecule has 1 fully saturated rings. The molecule has 2 nitrogen and oxygen atoms in total. The largest absolute Gasteiger partial charge is 0.311 e. The van der Waals surface area contributed by atoms with E-state index in [1.165, 1.54) is 31.5 Å². The van der Waals surface area contributed by atoms with Crippen molar-refractivity contribution in [1.82, 2.24) is 10.2 Å². The van der Waals surface area contributed by atoms with Gasteiger partial charge in [0.05, 0.1) is 0 Å². The van der Waals surface area contributed by atoms with E-state index in [1.54, 1.807) is 0 Å². The molecule has 1 aromatic rings. The van der Waals surface area contributed by atoms with Gasteiger partial charge in [0.2, 0.25) is 0 Å². The zero-order valence-corrected chi connectivity index (χ0v) is 10.2. The second-order valence-corrected chi connectivity index (χ2v) is 4.66. The minimum Gasteiger partial charge on any atom is -0.311 e. The molecule has 16 heavy (non-hydrogen) atoms. The second kappa shape index (κ2) is 6.02. The molecule has 0 saturated carbocycles. The third kappa shape index (κ3) is 3.32. The van der Waals surface area contributed by atoms with Crippen LogP contribution in [0.4, 0.5) is 0 Å². The van der Waals surface area contributed by atoms with Gasteiger partial charge in [-0.25, -0.2) is 0 Å². The van der Waals surface area contributed by atoms with Crippen LogP contribution < -0.4 is 5.32 Å². The van der Waals surface area contributed by atoms with Crippen LogP contribution in [0, 0.1) is 0 Å². The zero-order valence-electron chi connectivity index (χ0n) is 10.2. The van der Waals surface area contributed by atoms with Gasteiger partial charge >= 0.3 is 0 Å². The van der Waals surface area contributed by atoms with Gasteiger partial charge in [-0.3, -0.25) is 4.90 Å². The highest BCUT2D eigenvalue weighted by molar-refractivity contribution is 5.14. The molecule has 1 atom stereocenters. The fourth-order valence-corrected chi connectivity index (χ4v) is 2.42. The molecule has 0 radical (unpaired) electrons. The maximum atomic E-state index is 3.59. The van der Waals surface area contributed by atoms with Gasteiger partial charge < -0.3 is 5.32 Å². The summed E-state index contributed by atoms with van der Waals surface area (Å²) >= 11 is 0. The fourth-order valence-electron chi connectivity index (χ4n) is 2.42. The number of piperazine rings is 1. The zero-order chi connectivity index (χ0) is 11.2. The Hall–Kier alpha value is -0.860. The molecule has 1 aliphatic rings. The van der Waals surface area contributed by atoms with Crippen molar-refractivity contribution in [2.45, 2.75) is 32.4 Å². The van der Waals surface area contributed by atoms with E-state index in [2.05, 4.69) is 47.5 Å². The normalized spacial score (nSPS) is 22.2. The summed E-state index contributed by atoms with van der Waals surface area (Å²) in [7, 11) is 0. The molecule has 1 N–H and O–H groups in total. The van der Waals surface area contributed by atoms with Gasteiger partial charge in [0.1, 0.15) is 0 Å². The van der Waals surface area contributed by atoms with E-state index in [1.807, 2.05) is 0 Å². The highest BCUT2D eigenvalue weighted by Crippen LogP contribution is 2.09. The lowest BCUT2D eigenvalue weighted by atomic mass is 10.1. The molecule has 0 amide bonds. The number of nitrogens with one attached hydrogen (secondary N) is 1. The van der Waals surface area contributed by atoms with Gasteiger partial charge in [-0.15, -0.1) is 0 Å². The average Bonchev–Trinajstić information content (AvgIpc) is 2.31. The standard InChI is InChI=1S/C14H22N2/c1-2-6-14-12-16(10-9-15-14)11-13-7-4-3-5-8-13/h3-5,7-8,14-15H,2,6,9-12H2,1H3. The molecular weight excluding hydrogens is 196 g/mol. The van der Waals surface area contributed by atoms with Crippen LogP contribution in [0.15, 0.2) is 30.3 Å². The Kier molecular flexibility index (Phi) is 4.37. The van der Waals surface area contributed by atoms with Gasteiger partial charge in [0, 0.05) is 32.2 Å². The summed E-state index contributed by atoms with van der Waals surface area (Å²) in [6.07, 6.45) is 2.57. The summed E-state index contributed by atoms with van der Waals surface area (Å²) in [5, 5.41) is 3.59. The number of nitrogens with zero attached hydrogens (tertiary/aromatic N) is 1. The van der Waals surface area contributed by atoms with Crippen molar-refractivity contribution in [3.63, 3.8) is 0 Å². The van der Waals surface area contributed by atoms with Crippen LogP contribution in [0.25, 0.3) is 0 Å². The van der Waals surface area contributed by atoms with Gasteiger partial charge in [-0.05, 0) is 12.0 Å². The van der Waals surface area contributed by atoms with E-state index in [0.29, 0.717) is 6.04 Å².